The van der Waals surface area contributed by atoms with E-state index in [1.807, 2.05) is 0 Å². The molecule has 0 atom stereocenters. The van der Waals surface area contributed by atoms with Crippen LogP contribution >= 0.6 is 0 Å². The van der Waals surface area contributed by atoms with Gasteiger partial charge in [0, 0.05) is 5.56 Å². The normalized spacial score (nSPS) is 18.9. The van der Waals surface area contributed by atoms with Crippen molar-refractivity contribution < 1.29 is 19.5 Å². The second-order valence-electron chi connectivity index (χ2n) is 5.72. The Morgan fingerprint density at radius 3 is 2.70 bits per heavy atom. The van der Waals surface area contributed by atoms with E-state index in [4.69, 9.17) is 14.2 Å². The third-order valence-corrected chi connectivity index (χ3v) is 4.30. The fourth-order valence-corrected chi connectivity index (χ4v) is 3.15. The van der Waals surface area contributed by atoms with Crippen LogP contribution in [0.4, 0.5) is 0 Å². The fraction of sp³-hybridized carbons (Fsp3) is 0.625. The Hall–Kier alpha value is -1.42. The Morgan fingerprint density at radius 1 is 1.15 bits per heavy atom. The van der Waals surface area contributed by atoms with E-state index in [0.717, 1.165) is 29.8 Å². The molecule has 0 bridgehead atoms. The molecule has 0 saturated heterocycles. The van der Waals surface area contributed by atoms with Gasteiger partial charge < -0.3 is 19.5 Å². The predicted octanol–water partition coefficient (Wildman–Crippen LogP) is 2.21. The number of nitrogens with two attached hydrogens (primary N) is 1. The van der Waals surface area contributed by atoms with E-state index in [-0.39, 0.29) is 0 Å². The maximum Gasteiger partial charge on any atom is 0.231 e. The first kappa shape index (κ1) is 13.6. The number of ether oxygens (including phenoxy) is 3. The molecule has 2 aliphatic rings. The standard InChI is InChI=1S/C16H23NO3/c1-18-14-8-12(9-15-16(14)20-11-19-15)10-17-13-6-4-2-3-5-7-13/h8-9,13,17H,2-7,10-11H2,1H3/p+1. The zero-order valence-electron chi connectivity index (χ0n) is 12.2. The molecule has 4 nitrogen and oxygen atoms in total. The summed E-state index contributed by atoms with van der Waals surface area (Å²) in [6, 6.07) is 4.92. The lowest BCUT2D eigenvalue weighted by Gasteiger charge is -2.13. The Balaban J connectivity index is 1.65. The van der Waals surface area contributed by atoms with Gasteiger partial charge in [-0.25, -0.2) is 0 Å². The molecule has 1 aromatic rings. The van der Waals surface area contributed by atoms with Crippen molar-refractivity contribution in [2.24, 2.45) is 0 Å². The van der Waals surface area contributed by atoms with Crippen LogP contribution < -0.4 is 19.5 Å². The number of benzene rings is 1. The van der Waals surface area contributed by atoms with Crippen LogP contribution in [0.15, 0.2) is 12.1 Å². The zero-order chi connectivity index (χ0) is 13.8. The molecular formula is C16H24NO3+. The van der Waals surface area contributed by atoms with Crippen molar-refractivity contribution in [1.29, 1.82) is 0 Å². The van der Waals surface area contributed by atoms with E-state index in [1.165, 1.54) is 44.1 Å². The quantitative estimate of drug-likeness (QED) is 0.859. The molecule has 2 N–H and O–H groups in total. The lowest BCUT2D eigenvalue weighted by molar-refractivity contribution is -0.705. The number of rotatable bonds is 4. The van der Waals surface area contributed by atoms with E-state index in [2.05, 4.69) is 17.4 Å². The molecule has 3 rings (SSSR count). The summed E-state index contributed by atoms with van der Waals surface area (Å²) in [6.07, 6.45) is 8.27. The van der Waals surface area contributed by atoms with Gasteiger partial charge in [0.2, 0.25) is 12.5 Å². The first-order chi connectivity index (χ1) is 9.86. The summed E-state index contributed by atoms with van der Waals surface area (Å²) < 4.78 is 16.3. The van der Waals surface area contributed by atoms with Crippen molar-refractivity contribution in [1.82, 2.24) is 0 Å². The number of methoxy groups -OCH3 is 1. The largest absolute Gasteiger partial charge is 0.493 e. The van der Waals surface area contributed by atoms with Gasteiger partial charge in [0.15, 0.2) is 11.5 Å². The highest BCUT2D eigenvalue weighted by molar-refractivity contribution is 5.54. The van der Waals surface area contributed by atoms with Crippen LogP contribution in [-0.2, 0) is 6.54 Å². The minimum absolute atomic E-state index is 0.293. The van der Waals surface area contributed by atoms with Crippen molar-refractivity contribution in [2.45, 2.75) is 51.1 Å². The molecule has 1 fully saturated rings. The summed E-state index contributed by atoms with van der Waals surface area (Å²) in [4.78, 5) is 0. The van der Waals surface area contributed by atoms with Gasteiger partial charge in [-0.1, -0.05) is 12.8 Å². The molecule has 0 amide bonds. The monoisotopic (exact) mass is 278 g/mol. The molecule has 4 heteroatoms. The van der Waals surface area contributed by atoms with E-state index in [9.17, 15) is 0 Å². The lowest BCUT2D eigenvalue weighted by Crippen LogP contribution is -2.88. The number of quaternary nitrogens is 1. The number of fused-ring (bicyclic) bond motifs is 1. The molecule has 1 saturated carbocycles. The van der Waals surface area contributed by atoms with E-state index >= 15 is 0 Å². The molecule has 0 spiro atoms. The van der Waals surface area contributed by atoms with Crippen LogP contribution in [0.1, 0.15) is 44.1 Å². The molecular weight excluding hydrogens is 254 g/mol. The number of hydrogen-bond donors (Lipinski definition) is 1. The zero-order valence-corrected chi connectivity index (χ0v) is 12.2. The number of hydrogen-bond acceptors (Lipinski definition) is 3. The average molecular weight is 278 g/mol. The highest BCUT2D eigenvalue weighted by Crippen LogP contribution is 2.41. The van der Waals surface area contributed by atoms with E-state index in [0.29, 0.717) is 6.79 Å². The molecule has 0 aromatic heterocycles. The van der Waals surface area contributed by atoms with Crippen LogP contribution in [0.2, 0.25) is 0 Å². The summed E-state index contributed by atoms with van der Waals surface area (Å²) in [5.41, 5.74) is 1.25. The molecule has 1 aliphatic heterocycles. The van der Waals surface area contributed by atoms with E-state index < -0.39 is 0 Å². The highest BCUT2D eigenvalue weighted by atomic mass is 16.7. The predicted molar refractivity (Wildman–Crippen MR) is 76.2 cm³/mol. The van der Waals surface area contributed by atoms with Gasteiger partial charge in [-0.3, -0.25) is 0 Å². The average Bonchev–Trinajstić information content (AvgIpc) is 2.79. The molecule has 0 unspecified atom stereocenters. The summed E-state index contributed by atoms with van der Waals surface area (Å²) in [6.45, 7) is 1.28. The van der Waals surface area contributed by atoms with Crippen molar-refractivity contribution in [2.75, 3.05) is 13.9 Å². The van der Waals surface area contributed by atoms with Gasteiger partial charge in [-0.2, -0.15) is 0 Å². The van der Waals surface area contributed by atoms with Gasteiger partial charge in [0.1, 0.15) is 6.54 Å². The third-order valence-electron chi connectivity index (χ3n) is 4.30. The van der Waals surface area contributed by atoms with Crippen LogP contribution in [0.3, 0.4) is 0 Å². The minimum Gasteiger partial charge on any atom is -0.493 e. The summed E-state index contributed by atoms with van der Waals surface area (Å²) in [5.74, 6) is 2.34. The van der Waals surface area contributed by atoms with Crippen LogP contribution in [0.5, 0.6) is 17.2 Å². The maximum absolute atomic E-state index is 5.48. The molecule has 1 aromatic carbocycles. The van der Waals surface area contributed by atoms with Gasteiger partial charge in [0.05, 0.1) is 13.2 Å². The van der Waals surface area contributed by atoms with Crippen molar-refractivity contribution >= 4 is 0 Å². The first-order valence-corrected chi connectivity index (χ1v) is 7.66. The Bertz CT molecular complexity index is 453. The molecule has 1 aliphatic carbocycles. The molecule has 110 valence electrons. The Kier molecular flexibility index (Phi) is 4.31. The Morgan fingerprint density at radius 2 is 1.95 bits per heavy atom. The molecule has 20 heavy (non-hydrogen) atoms. The lowest BCUT2D eigenvalue weighted by atomic mass is 10.1. The van der Waals surface area contributed by atoms with E-state index in [1.54, 1.807) is 7.11 Å². The van der Waals surface area contributed by atoms with Gasteiger partial charge in [-0.15, -0.1) is 0 Å². The second-order valence-corrected chi connectivity index (χ2v) is 5.72. The first-order valence-electron chi connectivity index (χ1n) is 7.66. The van der Waals surface area contributed by atoms with Gasteiger partial charge >= 0.3 is 0 Å². The fourth-order valence-electron chi connectivity index (χ4n) is 3.15. The van der Waals surface area contributed by atoms with Crippen molar-refractivity contribution in [3.05, 3.63) is 17.7 Å². The van der Waals surface area contributed by atoms with Crippen LogP contribution in [0, 0.1) is 0 Å². The second kappa shape index (κ2) is 6.35. The summed E-state index contributed by atoms with van der Waals surface area (Å²) >= 11 is 0. The van der Waals surface area contributed by atoms with Gasteiger partial charge in [-0.05, 0) is 37.8 Å². The molecule has 0 radical (unpaired) electrons. The van der Waals surface area contributed by atoms with Crippen LogP contribution in [-0.4, -0.2) is 19.9 Å². The highest BCUT2D eigenvalue weighted by Gasteiger charge is 2.21. The van der Waals surface area contributed by atoms with Gasteiger partial charge in [0.25, 0.3) is 0 Å². The van der Waals surface area contributed by atoms with Crippen LogP contribution in [0.25, 0.3) is 0 Å². The third kappa shape index (κ3) is 3.01. The summed E-state index contributed by atoms with van der Waals surface area (Å²) in [5, 5.41) is 2.47. The molecule has 1 heterocycles. The smallest absolute Gasteiger partial charge is 0.231 e. The van der Waals surface area contributed by atoms with Crippen molar-refractivity contribution in [3.63, 3.8) is 0 Å². The minimum atomic E-state index is 0.293. The maximum atomic E-state index is 5.48. The SMILES string of the molecule is COc1cc(C[NH2+]C2CCCCCC2)cc2c1OCO2. The topological polar surface area (TPSA) is 44.3 Å². The summed E-state index contributed by atoms with van der Waals surface area (Å²) in [7, 11) is 1.68. The van der Waals surface area contributed by atoms with Crippen molar-refractivity contribution in [3.8, 4) is 17.2 Å². The Labute approximate surface area is 120 Å².